The number of nitrogens with zero attached hydrogens (tertiary/aromatic N) is 1. The fourth-order valence-corrected chi connectivity index (χ4v) is 7.07. The van der Waals surface area contributed by atoms with Crippen molar-refractivity contribution in [3.8, 4) is 12.3 Å². The molecule has 28 heavy (non-hydrogen) atoms. The third kappa shape index (κ3) is 2.72. The van der Waals surface area contributed by atoms with Gasteiger partial charge in [0, 0.05) is 5.41 Å². The van der Waals surface area contributed by atoms with E-state index >= 15 is 0 Å². The predicted molar refractivity (Wildman–Crippen MR) is 107 cm³/mol. The maximum Gasteiger partial charge on any atom is 0.344 e. The van der Waals surface area contributed by atoms with E-state index in [4.69, 9.17) is 16.4 Å². The minimum absolute atomic E-state index is 0.160. The second kappa shape index (κ2) is 6.62. The quantitative estimate of drug-likeness (QED) is 0.572. The van der Waals surface area contributed by atoms with Crippen LogP contribution >= 0.6 is 0 Å². The van der Waals surface area contributed by atoms with Crippen molar-refractivity contribution < 1.29 is 19.8 Å². The molecule has 5 heteroatoms. The molecule has 5 nitrogen and oxygen atoms in total. The van der Waals surface area contributed by atoms with E-state index in [0.717, 1.165) is 57.1 Å². The lowest BCUT2D eigenvalue weighted by molar-refractivity contribution is -0.142. The van der Waals surface area contributed by atoms with Gasteiger partial charge in [0.2, 0.25) is 6.61 Å². The van der Waals surface area contributed by atoms with Crippen molar-refractivity contribution in [2.75, 3.05) is 6.61 Å². The van der Waals surface area contributed by atoms with Crippen LogP contribution in [0.5, 0.6) is 0 Å². The first-order chi connectivity index (χ1) is 13.2. The van der Waals surface area contributed by atoms with Gasteiger partial charge < -0.3 is 15.1 Å². The van der Waals surface area contributed by atoms with E-state index in [2.05, 4.69) is 31.0 Å². The number of fused-ring (bicyclic) bond motifs is 5. The molecule has 0 radical (unpaired) electrons. The Morgan fingerprint density at radius 2 is 2.00 bits per heavy atom. The minimum Gasteiger partial charge on any atom is -0.479 e. The summed E-state index contributed by atoms with van der Waals surface area (Å²) < 4.78 is 0. The summed E-state index contributed by atoms with van der Waals surface area (Å²) >= 11 is 0. The molecule has 2 N–H and O–H groups in total. The van der Waals surface area contributed by atoms with Crippen LogP contribution in [0.2, 0.25) is 0 Å². The lowest BCUT2D eigenvalue weighted by atomic mass is 9.46. The molecule has 0 aromatic carbocycles. The van der Waals surface area contributed by atoms with Gasteiger partial charge in [-0.25, -0.2) is 4.79 Å². The molecule has 152 valence electrons. The third-order valence-electron chi connectivity index (χ3n) is 8.74. The molecule has 0 aromatic heterocycles. The van der Waals surface area contributed by atoms with E-state index in [-0.39, 0.29) is 10.8 Å². The molecule has 0 heterocycles. The van der Waals surface area contributed by atoms with Crippen LogP contribution in [0.3, 0.4) is 0 Å². The number of allylic oxidation sites excluding steroid dienone is 2. The summed E-state index contributed by atoms with van der Waals surface area (Å²) in [6.45, 7) is 4.22. The Morgan fingerprint density at radius 1 is 1.25 bits per heavy atom. The van der Waals surface area contributed by atoms with Gasteiger partial charge in [0.1, 0.15) is 5.60 Å². The molecular formula is C23H31NO4. The number of carboxylic acid groups (broad SMARTS) is 1. The topological polar surface area (TPSA) is 79.1 Å². The number of terminal acetylenes is 1. The average molecular weight is 386 g/mol. The standard InChI is InChI=1S/C23H31NO4/c1-4-23(27)12-9-19-17-6-5-15-13-16(24-28-14-20(25)26)7-10-21(15,2)18(17)8-11-22(19,23)3/h1,13,17-19,27H,5-12,14H2,2-3H3,(H,25,26). The first-order valence-electron chi connectivity index (χ1n) is 10.6. The largest absolute Gasteiger partial charge is 0.479 e. The second-order valence-corrected chi connectivity index (χ2v) is 9.75. The molecule has 0 saturated heterocycles. The average Bonchev–Trinajstić information content (AvgIpc) is 2.93. The minimum atomic E-state index is -1.01. The molecule has 3 saturated carbocycles. The maximum atomic E-state index is 11.1. The summed E-state index contributed by atoms with van der Waals surface area (Å²) in [5, 5.41) is 23.8. The Kier molecular flexibility index (Phi) is 4.62. The van der Waals surface area contributed by atoms with Gasteiger partial charge in [-0.3, -0.25) is 0 Å². The van der Waals surface area contributed by atoms with E-state index < -0.39 is 18.2 Å². The highest BCUT2D eigenvalue weighted by atomic mass is 16.6. The Bertz CT molecular complexity index is 780. The fraction of sp³-hybridized carbons (Fsp3) is 0.739. The lowest BCUT2D eigenvalue weighted by Crippen LogP contribution is -2.54. The zero-order chi connectivity index (χ0) is 20.2. The van der Waals surface area contributed by atoms with Gasteiger partial charge in [-0.15, -0.1) is 6.42 Å². The lowest BCUT2D eigenvalue weighted by Gasteiger charge is -2.58. The number of aliphatic carboxylic acids is 1. The summed E-state index contributed by atoms with van der Waals surface area (Å²) in [7, 11) is 0. The molecule has 4 rings (SSSR count). The van der Waals surface area contributed by atoms with Gasteiger partial charge >= 0.3 is 5.97 Å². The number of carbonyl (C=O) groups is 1. The number of oxime groups is 1. The molecular weight excluding hydrogens is 354 g/mol. The van der Waals surface area contributed by atoms with Crippen molar-refractivity contribution in [1.82, 2.24) is 0 Å². The van der Waals surface area contributed by atoms with Crippen LogP contribution in [0, 0.1) is 40.9 Å². The predicted octanol–water partition coefficient (Wildman–Crippen LogP) is 3.77. The number of aliphatic hydroxyl groups is 1. The Morgan fingerprint density at radius 3 is 2.71 bits per heavy atom. The molecule has 4 aliphatic carbocycles. The molecule has 0 aliphatic heterocycles. The highest BCUT2D eigenvalue weighted by molar-refractivity contribution is 5.96. The van der Waals surface area contributed by atoms with Gasteiger partial charge in [-0.1, -0.05) is 30.5 Å². The van der Waals surface area contributed by atoms with E-state index in [0.29, 0.717) is 17.8 Å². The molecule has 0 spiro atoms. The van der Waals surface area contributed by atoms with E-state index in [9.17, 15) is 9.90 Å². The molecule has 0 bridgehead atoms. The summed E-state index contributed by atoms with van der Waals surface area (Å²) in [4.78, 5) is 15.6. The van der Waals surface area contributed by atoms with Crippen molar-refractivity contribution in [3.05, 3.63) is 11.6 Å². The van der Waals surface area contributed by atoms with Crippen molar-refractivity contribution in [3.63, 3.8) is 0 Å². The molecule has 4 aliphatic rings. The zero-order valence-corrected chi connectivity index (χ0v) is 16.9. The smallest absolute Gasteiger partial charge is 0.344 e. The van der Waals surface area contributed by atoms with Crippen LogP contribution in [0.15, 0.2) is 16.8 Å². The Balaban J connectivity index is 1.57. The van der Waals surface area contributed by atoms with Crippen LogP contribution < -0.4 is 0 Å². The summed E-state index contributed by atoms with van der Waals surface area (Å²) in [6.07, 6.45) is 15.8. The number of hydrogen-bond donors (Lipinski definition) is 2. The highest BCUT2D eigenvalue weighted by Crippen LogP contribution is 2.67. The van der Waals surface area contributed by atoms with Gasteiger partial charge in [0.15, 0.2) is 0 Å². The Hall–Kier alpha value is -1.80. The van der Waals surface area contributed by atoms with Crippen molar-refractivity contribution in [2.24, 2.45) is 33.7 Å². The SMILES string of the molecule is C#CC1(O)CCC2C3CCC4=CC(=NOCC(=O)O)CCC4(C)C3CCC21C. The first kappa shape index (κ1) is 19.5. The fourth-order valence-electron chi connectivity index (χ4n) is 7.07. The van der Waals surface area contributed by atoms with Crippen LogP contribution in [0.25, 0.3) is 0 Å². The Labute approximate surface area is 167 Å². The summed E-state index contributed by atoms with van der Waals surface area (Å²) in [6, 6.07) is 0. The monoisotopic (exact) mass is 385 g/mol. The van der Waals surface area contributed by atoms with Crippen molar-refractivity contribution in [2.45, 2.75) is 70.8 Å². The third-order valence-corrected chi connectivity index (χ3v) is 8.74. The number of rotatable bonds is 3. The van der Waals surface area contributed by atoms with Crippen molar-refractivity contribution in [1.29, 1.82) is 0 Å². The first-order valence-corrected chi connectivity index (χ1v) is 10.6. The van der Waals surface area contributed by atoms with Gasteiger partial charge in [-0.2, -0.15) is 0 Å². The van der Waals surface area contributed by atoms with E-state index in [1.165, 1.54) is 5.57 Å². The second-order valence-electron chi connectivity index (χ2n) is 9.75. The molecule has 0 amide bonds. The molecule has 3 fully saturated rings. The zero-order valence-electron chi connectivity index (χ0n) is 16.9. The molecule has 0 aromatic rings. The molecule has 6 atom stereocenters. The summed E-state index contributed by atoms with van der Waals surface area (Å²) in [5.41, 5.74) is 1.34. The van der Waals surface area contributed by atoms with Crippen LogP contribution in [-0.2, 0) is 9.63 Å². The van der Waals surface area contributed by atoms with Crippen LogP contribution in [0.4, 0.5) is 0 Å². The van der Waals surface area contributed by atoms with Gasteiger partial charge in [0.05, 0.1) is 5.71 Å². The normalized spacial score (nSPS) is 46.0. The van der Waals surface area contributed by atoms with Gasteiger partial charge in [-0.05, 0) is 80.6 Å². The number of carboxylic acids is 1. The maximum absolute atomic E-state index is 11.1. The molecule has 6 unspecified atom stereocenters. The number of hydrogen-bond acceptors (Lipinski definition) is 4. The van der Waals surface area contributed by atoms with E-state index in [1.807, 2.05) is 0 Å². The highest BCUT2D eigenvalue weighted by Gasteiger charge is 2.63. The van der Waals surface area contributed by atoms with Crippen molar-refractivity contribution >= 4 is 11.7 Å². The van der Waals surface area contributed by atoms with Gasteiger partial charge in [0.25, 0.3) is 0 Å². The van der Waals surface area contributed by atoms with Crippen LogP contribution in [0.1, 0.15) is 65.2 Å². The van der Waals surface area contributed by atoms with Crippen LogP contribution in [-0.4, -0.2) is 34.1 Å². The summed E-state index contributed by atoms with van der Waals surface area (Å²) in [5.74, 6) is 3.47. The van der Waals surface area contributed by atoms with E-state index in [1.54, 1.807) is 0 Å².